The zero-order valence-electron chi connectivity index (χ0n) is 16.2. The van der Waals surface area contributed by atoms with Crippen molar-refractivity contribution in [3.8, 4) is 11.1 Å². The molecule has 0 spiro atoms. The number of rotatable bonds is 5. The summed E-state index contributed by atoms with van der Waals surface area (Å²) in [7, 11) is 0. The zero-order chi connectivity index (χ0) is 19.4. The van der Waals surface area contributed by atoms with Crippen LogP contribution in [0.25, 0.3) is 11.1 Å². The Morgan fingerprint density at radius 1 is 0.815 bits per heavy atom. The van der Waals surface area contributed by atoms with Gasteiger partial charge in [-0.05, 0) is 66.5 Å². The van der Waals surface area contributed by atoms with Gasteiger partial charge in [-0.15, -0.1) is 0 Å². The second-order valence-corrected chi connectivity index (χ2v) is 8.38. The number of hydrogen-bond donors (Lipinski definition) is 0. The van der Waals surface area contributed by atoms with Gasteiger partial charge in [0.25, 0.3) is 0 Å². The molecule has 0 saturated heterocycles. The lowest BCUT2D eigenvalue weighted by molar-refractivity contribution is -0.184. The molecule has 1 atom stereocenters. The quantitative estimate of drug-likeness (QED) is 0.500. The Morgan fingerprint density at radius 3 is 1.89 bits per heavy atom. The van der Waals surface area contributed by atoms with Gasteiger partial charge in [0.1, 0.15) is 0 Å². The second kappa shape index (κ2) is 8.50. The predicted octanol–water partition coefficient (Wildman–Crippen LogP) is 7.85. The smallest absolute Gasteiger partial charge is 0.171 e. The van der Waals surface area contributed by atoms with Crippen LogP contribution in [0.4, 0.5) is 13.2 Å². The van der Waals surface area contributed by atoms with Crippen molar-refractivity contribution in [3.63, 3.8) is 0 Å². The molecule has 1 saturated carbocycles. The molecule has 1 aliphatic carbocycles. The highest BCUT2D eigenvalue weighted by atomic mass is 19.4. The Hall–Kier alpha value is -1.77. The molecule has 0 aromatic heterocycles. The van der Waals surface area contributed by atoms with Gasteiger partial charge in [0.05, 0.1) is 5.92 Å². The van der Waals surface area contributed by atoms with E-state index in [0.29, 0.717) is 30.6 Å². The molecule has 1 unspecified atom stereocenters. The van der Waals surface area contributed by atoms with Crippen molar-refractivity contribution in [3.05, 3.63) is 60.2 Å². The topological polar surface area (TPSA) is 0 Å². The van der Waals surface area contributed by atoms with Gasteiger partial charge >= 0.3 is 6.18 Å². The maximum Gasteiger partial charge on any atom is 0.391 e. The zero-order valence-corrected chi connectivity index (χ0v) is 16.2. The van der Waals surface area contributed by atoms with E-state index >= 15 is 0 Å². The van der Waals surface area contributed by atoms with Crippen molar-refractivity contribution in [2.24, 2.45) is 17.8 Å². The van der Waals surface area contributed by atoms with Crippen LogP contribution in [0.5, 0.6) is 0 Å². The Kier molecular flexibility index (Phi) is 6.29. The first-order chi connectivity index (χ1) is 12.8. The highest BCUT2D eigenvalue weighted by Crippen LogP contribution is 2.45. The fraction of sp³-hybridized carbons (Fsp3) is 0.500. The summed E-state index contributed by atoms with van der Waals surface area (Å²) in [6, 6.07) is 18.9. The molecule has 2 aromatic carbocycles. The molecule has 1 aliphatic rings. The number of halogens is 3. The lowest BCUT2D eigenvalue weighted by Crippen LogP contribution is -2.30. The summed E-state index contributed by atoms with van der Waals surface area (Å²) in [6.45, 7) is 4.40. The summed E-state index contributed by atoms with van der Waals surface area (Å²) in [5.74, 6) is 0.135. The molecular formula is C24H29F3. The third-order valence-electron chi connectivity index (χ3n) is 5.98. The molecule has 3 heteroatoms. The fourth-order valence-electron chi connectivity index (χ4n) is 4.51. The molecule has 0 heterocycles. The summed E-state index contributed by atoms with van der Waals surface area (Å²) in [5.41, 5.74) is 3.65. The molecule has 0 amide bonds. The molecule has 0 aliphatic heterocycles. The SMILES string of the molecule is CC(C)CC(c1ccc(-c2ccccc2)cc1)C1CCC(C(F)(F)F)CC1. The van der Waals surface area contributed by atoms with Crippen molar-refractivity contribution >= 4 is 0 Å². The Morgan fingerprint density at radius 2 is 1.37 bits per heavy atom. The number of alkyl halides is 3. The van der Waals surface area contributed by atoms with E-state index in [-0.39, 0.29) is 12.8 Å². The molecule has 146 valence electrons. The van der Waals surface area contributed by atoms with E-state index in [1.165, 1.54) is 16.7 Å². The molecule has 0 radical (unpaired) electrons. The van der Waals surface area contributed by atoms with Gasteiger partial charge in [-0.1, -0.05) is 68.4 Å². The van der Waals surface area contributed by atoms with Gasteiger partial charge in [-0.2, -0.15) is 13.2 Å². The van der Waals surface area contributed by atoms with Crippen LogP contribution in [-0.4, -0.2) is 6.18 Å². The van der Waals surface area contributed by atoms with E-state index in [0.717, 1.165) is 6.42 Å². The van der Waals surface area contributed by atoms with E-state index in [1.54, 1.807) is 0 Å². The van der Waals surface area contributed by atoms with Crippen molar-refractivity contribution in [2.45, 2.75) is 58.0 Å². The molecule has 0 bridgehead atoms. The summed E-state index contributed by atoms with van der Waals surface area (Å²) < 4.78 is 39.0. The van der Waals surface area contributed by atoms with Crippen molar-refractivity contribution in [1.29, 1.82) is 0 Å². The molecule has 2 aromatic rings. The molecular weight excluding hydrogens is 345 g/mol. The van der Waals surface area contributed by atoms with Crippen LogP contribution in [0.15, 0.2) is 54.6 Å². The third kappa shape index (κ3) is 5.15. The molecule has 27 heavy (non-hydrogen) atoms. The van der Waals surface area contributed by atoms with Crippen LogP contribution >= 0.6 is 0 Å². The van der Waals surface area contributed by atoms with E-state index in [9.17, 15) is 13.2 Å². The number of benzene rings is 2. The second-order valence-electron chi connectivity index (χ2n) is 8.38. The fourth-order valence-corrected chi connectivity index (χ4v) is 4.51. The van der Waals surface area contributed by atoms with E-state index in [4.69, 9.17) is 0 Å². The lowest BCUT2D eigenvalue weighted by atomic mass is 9.71. The Labute approximate surface area is 160 Å². The van der Waals surface area contributed by atoms with E-state index < -0.39 is 12.1 Å². The third-order valence-corrected chi connectivity index (χ3v) is 5.98. The van der Waals surface area contributed by atoms with Crippen molar-refractivity contribution < 1.29 is 13.2 Å². The van der Waals surface area contributed by atoms with Gasteiger partial charge in [-0.3, -0.25) is 0 Å². The number of hydrogen-bond acceptors (Lipinski definition) is 0. The van der Waals surface area contributed by atoms with Crippen LogP contribution in [-0.2, 0) is 0 Å². The standard InChI is InChI=1S/C24H29F3/c1-17(2)16-23(21-12-14-22(15-13-21)24(25,26)27)20-10-8-19(9-11-20)18-6-4-3-5-7-18/h3-11,17,21-23H,12-16H2,1-2H3. The average molecular weight is 374 g/mol. The van der Waals surface area contributed by atoms with E-state index in [2.05, 4.69) is 50.2 Å². The lowest BCUT2D eigenvalue weighted by Gasteiger charge is -2.35. The van der Waals surface area contributed by atoms with Gasteiger partial charge in [0.15, 0.2) is 0 Å². The molecule has 0 nitrogen and oxygen atoms in total. The first-order valence-corrected chi connectivity index (χ1v) is 10.1. The Bertz CT molecular complexity index is 693. The van der Waals surface area contributed by atoms with E-state index in [1.807, 2.05) is 18.2 Å². The molecule has 3 rings (SSSR count). The van der Waals surface area contributed by atoms with Gasteiger partial charge in [0.2, 0.25) is 0 Å². The van der Waals surface area contributed by atoms with Crippen LogP contribution in [0, 0.1) is 17.8 Å². The molecule has 1 fully saturated rings. The molecule has 0 N–H and O–H groups in total. The van der Waals surface area contributed by atoms with Crippen LogP contribution in [0.3, 0.4) is 0 Å². The summed E-state index contributed by atoms with van der Waals surface area (Å²) in [4.78, 5) is 0. The first-order valence-electron chi connectivity index (χ1n) is 10.1. The van der Waals surface area contributed by atoms with Gasteiger partial charge in [-0.25, -0.2) is 0 Å². The minimum Gasteiger partial charge on any atom is -0.171 e. The minimum atomic E-state index is -4.03. The van der Waals surface area contributed by atoms with Gasteiger partial charge < -0.3 is 0 Å². The predicted molar refractivity (Wildman–Crippen MR) is 106 cm³/mol. The van der Waals surface area contributed by atoms with Gasteiger partial charge in [0, 0.05) is 0 Å². The van der Waals surface area contributed by atoms with Crippen molar-refractivity contribution in [2.75, 3.05) is 0 Å². The highest BCUT2D eigenvalue weighted by Gasteiger charge is 2.42. The highest BCUT2D eigenvalue weighted by molar-refractivity contribution is 5.63. The maximum absolute atomic E-state index is 13.0. The largest absolute Gasteiger partial charge is 0.391 e. The minimum absolute atomic E-state index is 0.283. The first kappa shape index (κ1) is 20.0. The maximum atomic E-state index is 13.0. The Balaban J connectivity index is 1.75. The van der Waals surface area contributed by atoms with Crippen LogP contribution in [0.2, 0.25) is 0 Å². The summed E-state index contributed by atoms with van der Waals surface area (Å²) in [5, 5.41) is 0. The monoisotopic (exact) mass is 374 g/mol. The summed E-state index contributed by atoms with van der Waals surface area (Å²) >= 11 is 0. The van der Waals surface area contributed by atoms with Crippen molar-refractivity contribution in [1.82, 2.24) is 0 Å². The average Bonchev–Trinajstić information content (AvgIpc) is 2.66. The normalized spacial score (nSPS) is 22.0. The summed E-state index contributed by atoms with van der Waals surface area (Å²) in [6.07, 6.45) is -1.07. The van der Waals surface area contributed by atoms with Crippen LogP contribution in [0.1, 0.15) is 57.4 Å². The van der Waals surface area contributed by atoms with Crippen LogP contribution < -0.4 is 0 Å².